The summed E-state index contributed by atoms with van der Waals surface area (Å²) < 4.78 is 0. The van der Waals surface area contributed by atoms with Gasteiger partial charge < -0.3 is 5.32 Å². The predicted octanol–water partition coefficient (Wildman–Crippen LogP) is 3.97. The Morgan fingerprint density at radius 3 is 2.86 bits per heavy atom. The van der Waals surface area contributed by atoms with Crippen LogP contribution in [0.15, 0.2) is 41.4 Å². The number of amides is 1. The molecule has 1 N–H and O–H groups in total. The van der Waals surface area contributed by atoms with E-state index in [4.69, 9.17) is 23.8 Å². The van der Waals surface area contributed by atoms with E-state index in [1.54, 1.807) is 23.5 Å². The maximum absolute atomic E-state index is 12.6. The first-order valence-electron chi connectivity index (χ1n) is 6.23. The third kappa shape index (κ3) is 2.72. The maximum atomic E-state index is 12.6. The first kappa shape index (κ1) is 14.3. The number of thiocarbonyl (C=S) groups is 1. The molecule has 0 atom stereocenters. The Hall–Kier alpha value is -1.69. The topological polar surface area (TPSA) is 32.3 Å². The molecule has 1 amide bonds. The molecule has 1 fully saturated rings. The summed E-state index contributed by atoms with van der Waals surface area (Å²) in [6, 6.07) is 9.26. The van der Waals surface area contributed by atoms with E-state index in [0.29, 0.717) is 15.8 Å². The van der Waals surface area contributed by atoms with Gasteiger partial charge in [-0.15, -0.1) is 11.3 Å². The number of carbonyl (C=O) groups is 1. The van der Waals surface area contributed by atoms with Crippen LogP contribution in [0.5, 0.6) is 0 Å². The minimum atomic E-state index is -0.154. The highest BCUT2D eigenvalue weighted by atomic mass is 35.5. The van der Waals surface area contributed by atoms with Gasteiger partial charge in [0, 0.05) is 9.90 Å². The van der Waals surface area contributed by atoms with Crippen LogP contribution in [0.25, 0.3) is 6.08 Å². The summed E-state index contributed by atoms with van der Waals surface area (Å²) in [4.78, 5) is 15.1. The number of carbonyl (C=O) groups excluding carboxylic acids is 1. The fraction of sp³-hybridized carbons (Fsp3) is 0.0667. The van der Waals surface area contributed by atoms with Gasteiger partial charge in [-0.05, 0) is 60.4 Å². The molecule has 0 spiro atoms. The smallest absolute Gasteiger partial charge is 0.281 e. The van der Waals surface area contributed by atoms with Gasteiger partial charge in [0.15, 0.2) is 5.11 Å². The highest BCUT2D eigenvalue weighted by Crippen LogP contribution is 2.28. The van der Waals surface area contributed by atoms with Crippen molar-refractivity contribution in [1.29, 1.82) is 0 Å². The molecule has 6 heteroatoms. The molecule has 3 nitrogen and oxygen atoms in total. The lowest BCUT2D eigenvalue weighted by Gasteiger charge is -2.16. The Morgan fingerprint density at radius 1 is 1.38 bits per heavy atom. The number of benzene rings is 1. The molecule has 2 aromatic rings. The number of hydrogen-bond donors (Lipinski definition) is 1. The van der Waals surface area contributed by atoms with Crippen molar-refractivity contribution in [2.45, 2.75) is 6.92 Å². The quantitative estimate of drug-likeness (QED) is 0.666. The molecule has 106 valence electrons. The number of rotatable bonds is 2. The lowest BCUT2D eigenvalue weighted by atomic mass is 10.2. The summed E-state index contributed by atoms with van der Waals surface area (Å²) in [5.74, 6) is -0.154. The van der Waals surface area contributed by atoms with Gasteiger partial charge in [0.25, 0.3) is 5.91 Å². The highest BCUT2D eigenvalue weighted by molar-refractivity contribution is 7.80. The van der Waals surface area contributed by atoms with Gasteiger partial charge in [-0.3, -0.25) is 9.69 Å². The first-order valence-corrected chi connectivity index (χ1v) is 7.89. The van der Waals surface area contributed by atoms with Crippen molar-refractivity contribution in [3.8, 4) is 0 Å². The zero-order valence-corrected chi connectivity index (χ0v) is 13.5. The van der Waals surface area contributed by atoms with Crippen LogP contribution in [-0.4, -0.2) is 11.0 Å². The van der Waals surface area contributed by atoms with E-state index in [-0.39, 0.29) is 5.91 Å². The van der Waals surface area contributed by atoms with E-state index in [0.717, 1.165) is 16.1 Å². The average Bonchev–Trinajstić information content (AvgIpc) is 3.02. The molecule has 0 aliphatic carbocycles. The van der Waals surface area contributed by atoms with E-state index in [2.05, 4.69) is 5.32 Å². The number of nitrogens with one attached hydrogen (secondary N) is 1. The summed E-state index contributed by atoms with van der Waals surface area (Å²) in [5, 5.41) is 5.96. The van der Waals surface area contributed by atoms with Crippen LogP contribution >= 0.6 is 35.2 Å². The highest BCUT2D eigenvalue weighted by Gasteiger charge is 2.32. The Morgan fingerprint density at radius 2 is 2.19 bits per heavy atom. The molecule has 1 aromatic heterocycles. The van der Waals surface area contributed by atoms with E-state index >= 15 is 0 Å². The Balaban J connectivity index is 1.98. The van der Waals surface area contributed by atoms with Crippen LogP contribution in [0.1, 0.15) is 10.4 Å². The molecular formula is C15H11ClN2OS2. The zero-order chi connectivity index (χ0) is 15.0. The van der Waals surface area contributed by atoms with E-state index < -0.39 is 0 Å². The van der Waals surface area contributed by atoms with Gasteiger partial charge in [0.1, 0.15) is 5.70 Å². The van der Waals surface area contributed by atoms with Crippen LogP contribution in [0, 0.1) is 6.92 Å². The Labute approximate surface area is 136 Å². The van der Waals surface area contributed by atoms with Crippen molar-refractivity contribution in [1.82, 2.24) is 5.32 Å². The summed E-state index contributed by atoms with van der Waals surface area (Å²) >= 11 is 12.8. The molecular weight excluding hydrogens is 324 g/mol. The van der Waals surface area contributed by atoms with Crippen LogP contribution in [-0.2, 0) is 4.79 Å². The minimum Gasteiger partial charge on any atom is -0.327 e. The summed E-state index contributed by atoms with van der Waals surface area (Å²) in [6.45, 7) is 1.90. The minimum absolute atomic E-state index is 0.154. The fourth-order valence-corrected chi connectivity index (χ4v) is 3.31. The maximum Gasteiger partial charge on any atom is 0.281 e. The third-order valence-corrected chi connectivity index (χ3v) is 4.45. The van der Waals surface area contributed by atoms with Gasteiger partial charge >= 0.3 is 0 Å². The molecule has 1 aromatic carbocycles. The van der Waals surface area contributed by atoms with E-state index in [1.807, 2.05) is 36.6 Å². The first-order chi connectivity index (χ1) is 10.1. The van der Waals surface area contributed by atoms with Crippen LogP contribution in [0.4, 0.5) is 5.69 Å². The normalized spacial score (nSPS) is 16.7. The van der Waals surface area contributed by atoms with Gasteiger partial charge in [0.05, 0.1) is 5.69 Å². The molecule has 1 saturated heterocycles. The van der Waals surface area contributed by atoms with Crippen molar-refractivity contribution in [2.24, 2.45) is 0 Å². The summed E-state index contributed by atoms with van der Waals surface area (Å²) in [7, 11) is 0. The number of halogens is 1. The molecule has 0 unspecified atom stereocenters. The second kappa shape index (κ2) is 5.60. The number of thiophene rings is 1. The molecule has 0 radical (unpaired) electrons. The SMILES string of the molecule is Cc1cc(Cl)ccc1N1C(=O)/C(=C\c2cccs2)NC1=S. The molecule has 0 saturated carbocycles. The largest absolute Gasteiger partial charge is 0.327 e. The van der Waals surface area contributed by atoms with Gasteiger partial charge in [-0.25, -0.2) is 0 Å². The number of nitrogens with zero attached hydrogens (tertiary/aromatic N) is 1. The molecule has 0 bridgehead atoms. The Kier molecular flexibility index (Phi) is 3.80. The molecule has 3 rings (SSSR count). The number of aryl methyl sites for hydroxylation is 1. The van der Waals surface area contributed by atoms with Crippen molar-refractivity contribution in [2.75, 3.05) is 4.90 Å². The number of hydrogen-bond acceptors (Lipinski definition) is 3. The second-order valence-electron chi connectivity index (χ2n) is 4.57. The van der Waals surface area contributed by atoms with Crippen molar-refractivity contribution < 1.29 is 4.79 Å². The van der Waals surface area contributed by atoms with Gasteiger partial charge in [-0.1, -0.05) is 17.7 Å². The summed E-state index contributed by atoms with van der Waals surface area (Å²) in [6.07, 6.45) is 1.81. The Bertz CT molecular complexity index is 753. The van der Waals surface area contributed by atoms with Gasteiger partial charge in [-0.2, -0.15) is 0 Å². The summed E-state index contributed by atoms with van der Waals surface area (Å²) in [5.41, 5.74) is 2.13. The average molecular weight is 335 g/mol. The molecule has 1 aliphatic rings. The molecule has 21 heavy (non-hydrogen) atoms. The number of anilines is 1. The third-order valence-electron chi connectivity index (χ3n) is 3.11. The lowest BCUT2D eigenvalue weighted by molar-refractivity contribution is -0.113. The van der Waals surface area contributed by atoms with Crippen LogP contribution in [0.2, 0.25) is 5.02 Å². The van der Waals surface area contributed by atoms with Crippen molar-refractivity contribution in [3.05, 3.63) is 56.9 Å². The van der Waals surface area contributed by atoms with E-state index in [9.17, 15) is 4.79 Å². The predicted molar refractivity (Wildman–Crippen MR) is 91.7 cm³/mol. The van der Waals surface area contributed by atoms with Crippen LogP contribution in [0.3, 0.4) is 0 Å². The fourth-order valence-electron chi connectivity index (χ4n) is 2.14. The van der Waals surface area contributed by atoms with Crippen LogP contribution < -0.4 is 10.2 Å². The molecule has 1 aliphatic heterocycles. The monoisotopic (exact) mass is 334 g/mol. The van der Waals surface area contributed by atoms with Crippen molar-refractivity contribution in [3.63, 3.8) is 0 Å². The van der Waals surface area contributed by atoms with E-state index in [1.165, 1.54) is 4.90 Å². The van der Waals surface area contributed by atoms with Gasteiger partial charge in [0.2, 0.25) is 0 Å². The van der Waals surface area contributed by atoms with Crippen molar-refractivity contribution >= 4 is 57.9 Å². The second-order valence-corrected chi connectivity index (χ2v) is 6.38. The standard InChI is InChI=1S/C15H11ClN2OS2/c1-9-7-10(16)4-5-13(9)18-14(19)12(17-15(18)20)8-11-3-2-6-21-11/h2-8H,1H3,(H,17,20)/b12-8+. The molecule has 2 heterocycles. The zero-order valence-electron chi connectivity index (χ0n) is 11.1. The lowest BCUT2D eigenvalue weighted by Crippen LogP contribution is -2.30.